The molecule has 6 nitrogen and oxygen atoms in total. The predicted molar refractivity (Wildman–Crippen MR) is 85.9 cm³/mol. The zero-order valence-electron chi connectivity index (χ0n) is 14.8. The topological polar surface area (TPSA) is 66.4 Å². The molecule has 2 heterocycles. The van der Waals surface area contributed by atoms with Crippen molar-refractivity contribution < 1.29 is 93.8 Å². The molecule has 2 saturated heterocycles. The van der Waals surface area contributed by atoms with E-state index in [0.29, 0.717) is 6.61 Å². The number of aliphatic hydroxyl groups is 1. The van der Waals surface area contributed by atoms with E-state index < -0.39 is 13.4 Å². The van der Waals surface area contributed by atoms with Crippen molar-refractivity contribution >= 4 is 13.6 Å². The van der Waals surface area contributed by atoms with Gasteiger partial charge >= 0.3 is 0 Å². The van der Waals surface area contributed by atoms with Crippen molar-refractivity contribution in [3.63, 3.8) is 0 Å². The molecule has 0 bridgehead atoms. The maximum Gasteiger partial charge on any atom is 0.112 e. The second-order valence-corrected chi connectivity index (χ2v) is 8.47. The number of ether oxygens (including phenoxy) is 3. The van der Waals surface area contributed by atoms with Crippen molar-refractivity contribution in [1.29, 1.82) is 0 Å². The summed E-state index contributed by atoms with van der Waals surface area (Å²) in [4.78, 5) is 0. The summed E-state index contributed by atoms with van der Waals surface area (Å²) in [5, 5.41) is 9.84. The number of rotatable bonds is 7. The third-order valence-electron chi connectivity index (χ3n) is 3.64. The summed E-state index contributed by atoms with van der Waals surface area (Å²) in [7, 11) is -0.666. The van der Waals surface area contributed by atoms with Gasteiger partial charge in [-0.15, -0.1) is 0 Å². The monoisotopic (exact) mass is 512 g/mol. The molecule has 2 aliphatic rings. The van der Waals surface area contributed by atoms with Crippen LogP contribution in [0.1, 0.15) is 13.8 Å². The molecule has 0 aliphatic carbocycles. The van der Waals surface area contributed by atoms with Gasteiger partial charge in [-0.1, -0.05) is 32.4 Å². The normalized spacial score (nSPS) is 38.2. The van der Waals surface area contributed by atoms with Crippen LogP contribution in [0.3, 0.4) is 0 Å². The van der Waals surface area contributed by atoms with E-state index in [1.54, 1.807) is 13.5 Å². The van der Waals surface area contributed by atoms with Gasteiger partial charge < -0.3 is 28.4 Å². The van der Waals surface area contributed by atoms with Gasteiger partial charge in [0.05, 0.1) is 25.4 Å². The van der Waals surface area contributed by atoms with Gasteiger partial charge in [0.2, 0.25) is 0 Å². The quantitative estimate of drug-likeness (QED) is 0.410. The van der Waals surface area contributed by atoms with Gasteiger partial charge in [0.1, 0.15) is 7.34 Å². The van der Waals surface area contributed by atoms with Crippen molar-refractivity contribution in [1.82, 2.24) is 0 Å². The standard InChI is InChI=1S/C15H27O6P.2Y/c1-10-6-12(16)14(19-10)9-18-22(4,5)21-13-7-11(2)20-15(13)8-17-3;;/h6-7,10-16H,4,8-9H2,1-3,5H3;;/q-2;;/t10-,11-,12+,13+,14+,15+,22?;;/m0../s1. The van der Waals surface area contributed by atoms with Crippen LogP contribution in [0.4, 0.5) is 0 Å². The average Bonchev–Trinajstić information content (AvgIpc) is 2.90. The first-order valence-electron chi connectivity index (χ1n) is 7.52. The van der Waals surface area contributed by atoms with Gasteiger partial charge in [0.25, 0.3) is 0 Å². The molecule has 1 N–H and O–H groups in total. The molecule has 0 amide bonds. The SMILES string of the molecule is C=P(C)(OC[C@H]1O[C@@H](C)[CH-][C@H]1O)O[C@@H]1[CH-][C@H](C)O[C@@H]1COC.[Y].[Y]. The molecule has 0 saturated carbocycles. The zero-order valence-corrected chi connectivity index (χ0v) is 21.4. The second-order valence-electron chi connectivity index (χ2n) is 5.97. The molecule has 2 aliphatic heterocycles. The van der Waals surface area contributed by atoms with Crippen LogP contribution in [0.15, 0.2) is 0 Å². The van der Waals surface area contributed by atoms with E-state index >= 15 is 0 Å². The zero-order chi connectivity index (χ0) is 16.3. The van der Waals surface area contributed by atoms with Crippen LogP contribution < -0.4 is 0 Å². The minimum Gasteiger partial charge on any atom is -0.422 e. The molecule has 9 heteroatoms. The molecule has 2 radical (unpaired) electrons. The first-order chi connectivity index (χ1) is 10.3. The van der Waals surface area contributed by atoms with Crippen molar-refractivity contribution in [2.75, 3.05) is 27.0 Å². The minimum absolute atomic E-state index is 0. The van der Waals surface area contributed by atoms with Gasteiger partial charge in [0.15, 0.2) is 0 Å². The molecule has 0 aromatic rings. The number of hydrogen-bond acceptors (Lipinski definition) is 6. The first-order valence-corrected chi connectivity index (χ1v) is 9.78. The molecular weight excluding hydrogens is 485 g/mol. The molecule has 2 fully saturated rings. The summed E-state index contributed by atoms with van der Waals surface area (Å²) in [5.41, 5.74) is 0. The Morgan fingerprint density at radius 1 is 1.08 bits per heavy atom. The second kappa shape index (κ2) is 12.0. The van der Waals surface area contributed by atoms with Gasteiger partial charge in [0, 0.05) is 79.2 Å². The van der Waals surface area contributed by atoms with Gasteiger partial charge in [-0.05, 0) is 12.2 Å². The summed E-state index contributed by atoms with van der Waals surface area (Å²) in [5.74, 6) is 0. The van der Waals surface area contributed by atoms with E-state index in [1.165, 1.54) is 0 Å². The fourth-order valence-electron chi connectivity index (χ4n) is 2.65. The van der Waals surface area contributed by atoms with E-state index in [2.05, 4.69) is 6.30 Å². The van der Waals surface area contributed by atoms with E-state index in [-0.39, 0.29) is 103 Å². The van der Waals surface area contributed by atoms with E-state index in [0.717, 1.165) is 0 Å². The van der Waals surface area contributed by atoms with Crippen LogP contribution in [0, 0.1) is 12.8 Å². The Labute approximate surface area is 195 Å². The van der Waals surface area contributed by atoms with Crippen LogP contribution in [0.5, 0.6) is 0 Å². The van der Waals surface area contributed by atoms with Gasteiger partial charge in [-0.25, -0.2) is 0 Å². The summed E-state index contributed by atoms with van der Waals surface area (Å²) < 4.78 is 28.3. The van der Waals surface area contributed by atoms with Crippen LogP contribution >= 0.6 is 7.34 Å². The van der Waals surface area contributed by atoms with E-state index in [4.69, 9.17) is 23.3 Å². The van der Waals surface area contributed by atoms with Crippen molar-refractivity contribution in [2.45, 2.75) is 50.5 Å². The van der Waals surface area contributed by atoms with Crippen LogP contribution in [-0.2, 0) is 88.7 Å². The summed E-state index contributed by atoms with van der Waals surface area (Å²) in [6.45, 7) is 6.42. The van der Waals surface area contributed by atoms with E-state index in [1.807, 2.05) is 26.9 Å². The third kappa shape index (κ3) is 8.10. The fraction of sp³-hybridized carbons (Fsp3) is 0.800. The largest absolute Gasteiger partial charge is 0.422 e. The van der Waals surface area contributed by atoms with Crippen molar-refractivity contribution in [3.8, 4) is 0 Å². The molecule has 136 valence electrons. The summed E-state index contributed by atoms with van der Waals surface area (Å²) in [6.07, 6.45) is 6.43. The van der Waals surface area contributed by atoms with Crippen LogP contribution in [-0.4, -0.2) is 75.0 Å². The Morgan fingerprint density at radius 3 is 2.21 bits per heavy atom. The Bertz CT molecular complexity index is 413. The minimum atomic E-state index is -2.30. The van der Waals surface area contributed by atoms with Crippen LogP contribution in [0.2, 0.25) is 0 Å². The molecule has 7 atom stereocenters. The Morgan fingerprint density at radius 2 is 1.67 bits per heavy atom. The summed E-state index contributed by atoms with van der Waals surface area (Å²) in [6, 6.07) is 0. The molecule has 2 rings (SSSR count). The molecule has 0 aromatic heterocycles. The van der Waals surface area contributed by atoms with Crippen molar-refractivity contribution in [3.05, 3.63) is 12.8 Å². The van der Waals surface area contributed by atoms with Gasteiger partial charge in [-0.3, -0.25) is 12.8 Å². The number of methoxy groups -OCH3 is 1. The molecule has 24 heavy (non-hydrogen) atoms. The average molecular weight is 512 g/mol. The van der Waals surface area contributed by atoms with Gasteiger partial charge in [-0.2, -0.15) is 0 Å². The predicted octanol–water partition coefficient (Wildman–Crippen LogP) is 1.28. The number of hydrogen-bond donors (Lipinski definition) is 1. The molecule has 0 aromatic carbocycles. The number of aliphatic hydroxyl groups excluding tert-OH is 1. The summed E-state index contributed by atoms with van der Waals surface area (Å²) >= 11 is 0. The smallest absolute Gasteiger partial charge is 0.112 e. The fourth-order valence-corrected chi connectivity index (χ4v) is 3.90. The Balaban J connectivity index is 0.00000264. The molecular formula is C15H27O6PY2-2. The third-order valence-corrected chi connectivity index (χ3v) is 5.03. The maximum absolute atomic E-state index is 9.84. The molecule has 0 spiro atoms. The first kappa shape index (κ1) is 26.3. The van der Waals surface area contributed by atoms with Crippen molar-refractivity contribution in [2.24, 2.45) is 0 Å². The molecule has 1 unspecified atom stereocenters. The van der Waals surface area contributed by atoms with E-state index in [9.17, 15) is 5.11 Å². The maximum atomic E-state index is 9.84. The Hall–Kier alpha value is 2.27. The van der Waals surface area contributed by atoms with Crippen LogP contribution in [0.25, 0.3) is 0 Å². The Kier molecular flexibility index (Phi) is 13.1.